The van der Waals surface area contributed by atoms with Crippen LogP contribution in [0.15, 0.2) is 24.3 Å². The first-order valence-corrected chi connectivity index (χ1v) is 5.21. The third-order valence-electron chi connectivity index (χ3n) is 2.68. The Morgan fingerprint density at radius 3 is 2.86 bits per heavy atom. The maximum atomic E-state index is 5.53. The van der Waals surface area contributed by atoms with Gasteiger partial charge in [-0.3, -0.25) is 0 Å². The van der Waals surface area contributed by atoms with E-state index in [0.717, 1.165) is 26.3 Å². The highest BCUT2D eigenvalue weighted by Crippen LogP contribution is 2.17. The maximum Gasteiger partial charge on any atom is 0.0591 e. The first kappa shape index (κ1) is 9.69. The van der Waals surface area contributed by atoms with Crippen LogP contribution in [0.2, 0.25) is 0 Å². The lowest BCUT2D eigenvalue weighted by molar-refractivity contribution is 0.141. The van der Waals surface area contributed by atoms with Gasteiger partial charge in [-0.05, 0) is 12.5 Å². The molecule has 0 bridgehead atoms. The lowest BCUT2D eigenvalue weighted by Crippen LogP contribution is -2.21. The van der Waals surface area contributed by atoms with Gasteiger partial charge in [-0.25, -0.2) is 0 Å². The lowest BCUT2D eigenvalue weighted by Gasteiger charge is -2.14. The molecule has 2 heteroatoms. The number of benzene rings is 1. The van der Waals surface area contributed by atoms with Crippen molar-refractivity contribution < 1.29 is 4.74 Å². The monoisotopic (exact) mass is 191 g/mol. The normalized spacial score (nSPS) is 23.1. The van der Waals surface area contributed by atoms with Crippen molar-refractivity contribution in [3.8, 4) is 0 Å². The highest BCUT2D eigenvalue weighted by Gasteiger charge is 2.13. The lowest BCUT2D eigenvalue weighted by atomic mass is 9.99. The van der Waals surface area contributed by atoms with Crippen molar-refractivity contribution in [3.63, 3.8) is 0 Å². The summed E-state index contributed by atoms with van der Waals surface area (Å²) in [7, 11) is 0. The number of ether oxygens (including phenoxy) is 1. The van der Waals surface area contributed by atoms with Crippen molar-refractivity contribution in [2.24, 2.45) is 0 Å². The molecule has 1 aliphatic heterocycles. The summed E-state index contributed by atoms with van der Waals surface area (Å²) in [5.74, 6) is 0.512. The van der Waals surface area contributed by atoms with Crippen molar-refractivity contribution in [2.45, 2.75) is 12.8 Å². The smallest absolute Gasteiger partial charge is 0.0591 e. The fourth-order valence-electron chi connectivity index (χ4n) is 1.76. The molecule has 1 saturated heterocycles. The molecule has 0 saturated carbocycles. The minimum absolute atomic E-state index is 0.512. The van der Waals surface area contributed by atoms with Gasteiger partial charge in [0.15, 0.2) is 0 Å². The molecule has 1 fully saturated rings. The molecule has 1 heterocycles. The molecule has 2 nitrogen and oxygen atoms in total. The van der Waals surface area contributed by atoms with Crippen LogP contribution in [0.4, 0.5) is 0 Å². The second-order valence-corrected chi connectivity index (χ2v) is 3.89. The van der Waals surface area contributed by atoms with Crippen LogP contribution >= 0.6 is 0 Å². The van der Waals surface area contributed by atoms with Crippen LogP contribution in [0.3, 0.4) is 0 Å². The standard InChI is InChI=1S/C12H17NO/c1-10-2-4-11(5-3-10)12-8-13-6-7-14-9-12/h2-5,12-13H,6-9H2,1H3. The minimum atomic E-state index is 0.512. The van der Waals surface area contributed by atoms with Gasteiger partial charge in [0.2, 0.25) is 0 Å². The molecule has 0 aliphatic carbocycles. The Bertz CT molecular complexity index is 273. The molecule has 14 heavy (non-hydrogen) atoms. The second kappa shape index (κ2) is 4.58. The number of rotatable bonds is 1. The van der Waals surface area contributed by atoms with E-state index in [-0.39, 0.29) is 0 Å². The highest BCUT2D eigenvalue weighted by molar-refractivity contribution is 5.25. The van der Waals surface area contributed by atoms with Crippen molar-refractivity contribution in [2.75, 3.05) is 26.3 Å². The molecule has 1 atom stereocenters. The Kier molecular flexibility index (Phi) is 3.17. The summed E-state index contributed by atoms with van der Waals surface area (Å²) < 4.78 is 5.53. The SMILES string of the molecule is Cc1ccc(C2CNCCOC2)cc1. The van der Waals surface area contributed by atoms with Gasteiger partial charge in [-0.15, -0.1) is 0 Å². The van der Waals surface area contributed by atoms with Gasteiger partial charge in [-0.2, -0.15) is 0 Å². The molecule has 1 aliphatic rings. The molecule has 1 aromatic carbocycles. The van der Waals surface area contributed by atoms with Crippen LogP contribution < -0.4 is 5.32 Å². The highest BCUT2D eigenvalue weighted by atomic mass is 16.5. The summed E-state index contributed by atoms with van der Waals surface area (Å²) in [6, 6.07) is 8.74. The Morgan fingerprint density at radius 1 is 1.29 bits per heavy atom. The van der Waals surface area contributed by atoms with Crippen LogP contribution in [0.1, 0.15) is 17.0 Å². The van der Waals surface area contributed by atoms with Gasteiger partial charge in [0.25, 0.3) is 0 Å². The Morgan fingerprint density at radius 2 is 2.07 bits per heavy atom. The molecule has 0 aromatic heterocycles. The number of hydrogen-bond donors (Lipinski definition) is 1. The third-order valence-corrected chi connectivity index (χ3v) is 2.68. The van der Waals surface area contributed by atoms with Gasteiger partial charge in [0.05, 0.1) is 13.2 Å². The fraction of sp³-hybridized carbons (Fsp3) is 0.500. The Labute approximate surface area is 85.3 Å². The van der Waals surface area contributed by atoms with E-state index in [1.54, 1.807) is 0 Å². The summed E-state index contributed by atoms with van der Waals surface area (Å²) in [5.41, 5.74) is 2.70. The molecule has 0 spiro atoms. The van der Waals surface area contributed by atoms with Gasteiger partial charge in [0, 0.05) is 19.0 Å². The van der Waals surface area contributed by atoms with Crippen LogP contribution in [-0.4, -0.2) is 26.3 Å². The van der Waals surface area contributed by atoms with Crippen LogP contribution in [0.25, 0.3) is 0 Å². The van der Waals surface area contributed by atoms with E-state index in [1.807, 2.05) is 0 Å². The summed E-state index contributed by atoms with van der Waals surface area (Å²) in [4.78, 5) is 0. The zero-order chi connectivity index (χ0) is 9.80. The van der Waals surface area contributed by atoms with E-state index < -0.39 is 0 Å². The van der Waals surface area contributed by atoms with E-state index in [1.165, 1.54) is 11.1 Å². The van der Waals surface area contributed by atoms with E-state index >= 15 is 0 Å². The molecule has 2 rings (SSSR count). The molecule has 1 N–H and O–H groups in total. The molecule has 76 valence electrons. The van der Waals surface area contributed by atoms with E-state index in [2.05, 4.69) is 36.5 Å². The zero-order valence-electron chi connectivity index (χ0n) is 8.62. The fourth-order valence-corrected chi connectivity index (χ4v) is 1.76. The average Bonchev–Trinajstić information content (AvgIpc) is 2.47. The van der Waals surface area contributed by atoms with E-state index in [0.29, 0.717) is 5.92 Å². The average molecular weight is 191 g/mol. The van der Waals surface area contributed by atoms with Crippen LogP contribution in [0.5, 0.6) is 0 Å². The van der Waals surface area contributed by atoms with Crippen molar-refractivity contribution in [1.82, 2.24) is 5.32 Å². The topological polar surface area (TPSA) is 21.3 Å². The quantitative estimate of drug-likeness (QED) is 0.729. The van der Waals surface area contributed by atoms with Crippen molar-refractivity contribution in [3.05, 3.63) is 35.4 Å². The van der Waals surface area contributed by atoms with E-state index in [4.69, 9.17) is 4.74 Å². The van der Waals surface area contributed by atoms with Gasteiger partial charge in [0.1, 0.15) is 0 Å². The van der Waals surface area contributed by atoms with Crippen LogP contribution in [-0.2, 0) is 4.74 Å². The number of aryl methyl sites for hydroxylation is 1. The van der Waals surface area contributed by atoms with Crippen molar-refractivity contribution >= 4 is 0 Å². The maximum absolute atomic E-state index is 5.53. The largest absolute Gasteiger partial charge is 0.379 e. The molecular weight excluding hydrogens is 174 g/mol. The van der Waals surface area contributed by atoms with Gasteiger partial charge >= 0.3 is 0 Å². The Hall–Kier alpha value is -0.860. The summed E-state index contributed by atoms with van der Waals surface area (Å²) >= 11 is 0. The molecule has 0 radical (unpaired) electrons. The minimum Gasteiger partial charge on any atom is -0.379 e. The molecule has 0 amide bonds. The van der Waals surface area contributed by atoms with E-state index in [9.17, 15) is 0 Å². The van der Waals surface area contributed by atoms with Gasteiger partial charge in [-0.1, -0.05) is 29.8 Å². The first-order chi connectivity index (χ1) is 6.86. The molecule has 1 unspecified atom stereocenters. The predicted octanol–water partition coefficient (Wildman–Crippen LogP) is 1.70. The molecule has 1 aromatic rings. The number of hydrogen-bond acceptors (Lipinski definition) is 2. The summed E-state index contributed by atoms with van der Waals surface area (Å²) in [5, 5.41) is 3.39. The zero-order valence-corrected chi connectivity index (χ0v) is 8.62. The first-order valence-electron chi connectivity index (χ1n) is 5.21. The third kappa shape index (κ3) is 2.34. The van der Waals surface area contributed by atoms with Crippen molar-refractivity contribution in [1.29, 1.82) is 0 Å². The molecular formula is C12H17NO. The van der Waals surface area contributed by atoms with Gasteiger partial charge < -0.3 is 10.1 Å². The Balaban J connectivity index is 2.08. The number of nitrogens with one attached hydrogen (secondary N) is 1. The second-order valence-electron chi connectivity index (χ2n) is 3.89. The summed E-state index contributed by atoms with van der Waals surface area (Å²) in [6.07, 6.45) is 0. The summed E-state index contributed by atoms with van der Waals surface area (Å²) in [6.45, 7) is 5.80. The predicted molar refractivity (Wildman–Crippen MR) is 57.6 cm³/mol. The van der Waals surface area contributed by atoms with Crippen LogP contribution in [0, 0.1) is 6.92 Å².